The van der Waals surface area contributed by atoms with Gasteiger partial charge >= 0.3 is 5.97 Å². The van der Waals surface area contributed by atoms with Gasteiger partial charge in [0.25, 0.3) is 0 Å². The van der Waals surface area contributed by atoms with Crippen LogP contribution in [-0.2, 0) is 14.3 Å². The van der Waals surface area contributed by atoms with E-state index in [2.05, 4.69) is 0 Å². The molecule has 0 aliphatic heterocycles. The molecule has 1 aliphatic carbocycles. The van der Waals surface area contributed by atoms with E-state index in [4.69, 9.17) is 14.6 Å². The van der Waals surface area contributed by atoms with Gasteiger partial charge in [-0.1, -0.05) is 0 Å². The summed E-state index contributed by atoms with van der Waals surface area (Å²) < 4.78 is 10.0. The van der Waals surface area contributed by atoms with Crippen molar-refractivity contribution in [2.75, 3.05) is 14.2 Å². The first-order valence-corrected chi connectivity index (χ1v) is 4.56. The third-order valence-corrected chi connectivity index (χ3v) is 2.75. The zero-order valence-corrected chi connectivity index (χ0v) is 8.34. The normalized spacial score (nSPS) is 38.2. The summed E-state index contributed by atoms with van der Waals surface area (Å²) in [4.78, 5) is 10.8. The minimum atomic E-state index is -0.860. The van der Waals surface area contributed by atoms with Gasteiger partial charge in [0.05, 0.1) is 18.1 Å². The Labute approximate surface area is 82.6 Å². The van der Waals surface area contributed by atoms with E-state index in [1.165, 1.54) is 14.2 Å². The number of aliphatic hydroxyl groups excluding tert-OH is 1. The molecule has 0 aromatic rings. The van der Waals surface area contributed by atoms with Gasteiger partial charge in [-0.2, -0.15) is 0 Å². The van der Waals surface area contributed by atoms with E-state index >= 15 is 0 Å². The van der Waals surface area contributed by atoms with Crippen LogP contribution in [0.2, 0.25) is 0 Å². The lowest BCUT2D eigenvalue weighted by molar-refractivity contribution is -0.158. The topological polar surface area (TPSA) is 76.0 Å². The summed E-state index contributed by atoms with van der Waals surface area (Å²) in [5.41, 5.74) is 0. The first kappa shape index (κ1) is 11.4. The van der Waals surface area contributed by atoms with Crippen LogP contribution in [0.4, 0.5) is 0 Å². The maximum atomic E-state index is 10.8. The molecule has 0 bridgehead atoms. The van der Waals surface area contributed by atoms with Crippen LogP contribution in [0.25, 0.3) is 0 Å². The lowest BCUT2D eigenvalue weighted by atomic mass is 9.83. The molecule has 82 valence electrons. The van der Waals surface area contributed by atoms with Crippen molar-refractivity contribution < 1.29 is 24.5 Å². The zero-order valence-electron chi connectivity index (χ0n) is 8.34. The highest BCUT2D eigenvalue weighted by Gasteiger charge is 2.39. The Hall–Kier alpha value is -0.650. The number of methoxy groups -OCH3 is 2. The largest absolute Gasteiger partial charge is 0.481 e. The standard InChI is InChI=1S/C9H16O5/c1-13-6-3-5(9(11)12)4-7(14-2)8(6)10/h5-8,10H,3-4H2,1-2H3,(H,11,12). The number of ether oxygens (including phenoxy) is 2. The van der Waals surface area contributed by atoms with Crippen LogP contribution in [0.15, 0.2) is 0 Å². The Morgan fingerprint density at radius 2 is 1.64 bits per heavy atom. The highest BCUT2D eigenvalue weighted by Crippen LogP contribution is 2.28. The molecule has 1 saturated carbocycles. The zero-order chi connectivity index (χ0) is 10.7. The molecular weight excluding hydrogens is 188 g/mol. The van der Waals surface area contributed by atoms with Crippen molar-refractivity contribution in [2.45, 2.75) is 31.2 Å². The van der Waals surface area contributed by atoms with E-state index in [0.717, 1.165) is 0 Å². The fourth-order valence-corrected chi connectivity index (χ4v) is 1.85. The molecule has 0 aromatic heterocycles. The van der Waals surface area contributed by atoms with E-state index in [0.29, 0.717) is 12.8 Å². The molecule has 1 aliphatic rings. The van der Waals surface area contributed by atoms with Gasteiger partial charge < -0.3 is 19.7 Å². The SMILES string of the molecule is COC1CC(C(=O)O)CC(OC)C1O. The van der Waals surface area contributed by atoms with Crippen LogP contribution in [0.5, 0.6) is 0 Å². The summed E-state index contributed by atoms with van der Waals surface area (Å²) >= 11 is 0. The highest BCUT2D eigenvalue weighted by atomic mass is 16.5. The van der Waals surface area contributed by atoms with Crippen molar-refractivity contribution in [3.63, 3.8) is 0 Å². The van der Waals surface area contributed by atoms with Gasteiger partial charge in [0.2, 0.25) is 0 Å². The quantitative estimate of drug-likeness (QED) is 0.669. The highest BCUT2D eigenvalue weighted by molar-refractivity contribution is 5.70. The molecule has 2 atom stereocenters. The Morgan fingerprint density at radius 1 is 1.21 bits per heavy atom. The molecular formula is C9H16O5. The van der Waals surface area contributed by atoms with Crippen molar-refractivity contribution in [1.82, 2.24) is 0 Å². The Balaban J connectivity index is 2.68. The van der Waals surface area contributed by atoms with Crippen molar-refractivity contribution in [3.8, 4) is 0 Å². The summed E-state index contributed by atoms with van der Waals surface area (Å²) in [6, 6.07) is 0. The number of carboxylic acids is 1. The van der Waals surface area contributed by atoms with Gasteiger partial charge in [0.1, 0.15) is 6.10 Å². The molecule has 0 amide bonds. The second-order valence-corrected chi connectivity index (χ2v) is 3.55. The number of aliphatic hydroxyl groups is 1. The maximum absolute atomic E-state index is 10.8. The fourth-order valence-electron chi connectivity index (χ4n) is 1.85. The van der Waals surface area contributed by atoms with Crippen molar-refractivity contribution in [2.24, 2.45) is 5.92 Å². The Kier molecular flexibility index (Phi) is 3.86. The predicted octanol–water partition coefficient (Wildman–Crippen LogP) is -0.128. The van der Waals surface area contributed by atoms with Gasteiger partial charge in [0, 0.05) is 14.2 Å². The molecule has 0 spiro atoms. The number of carboxylic acid groups (broad SMARTS) is 1. The van der Waals surface area contributed by atoms with Crippen LogP contribution in [-0.4, -0.2) is 48.7 Å². The summed E-state index contributed by atoms with van der Waals surface area (Å²) in [7, 11) is 2.93. The molecule has 1 rings (SSSR count). The maximum Gasteiger partial charge on any atom is 0.306 e. The minimum absolute atomic E-state index is 0.340. The van der Waals surface area contributed by atoms with E-state index < -0.39 is 30.2 Å². The van der Waals surface area contributed by atoms with Crippen LogP contribution in [0.1, 0.15) is 12.8 Å². The number of rotatable bonds is 3. The van der Waals surface area contributed by atoms with Crippen molar-refractivity contribution in [3.05, 3.63) is 0 Å². The molecule has 0 saturated heterocycles. The molecule has 0 radical (unpaired) electrons. The fraction of sp³-hybridized carbons (Fsp3) is 0.889. The molecule has 0 heterocycles. The van der Waals surface area contributed by atoms with E-state index in [-0.39, 0.29) is 0 Å². The van der Waals surface area contributed by atoms with Gasteiger partial charge in [0.15, 0.2) is 0 Å². The lowest BCUT2D eigenvalue weighted by Crippen LogP contribution is -2.47. The number of aliphatic carboxylic acids is 1. The summed E-state index contributed by atoms with van der Waals surface area (Å²) in [6.45, 7) is 0. The number of carbonyl (C=O) groups is 1. The lowest BCUT2D eigenvalue weighted by Gasteiger charge is -2.35. The van der Waals surface area contributed by atoms with E-state index in [9.17, 15) is 9.90 Å². The van der Waals surface area contributed by atoms with Crippen molar-refractivity contribution in [1.29, 1.82) is 0 Å². The summed E-state index contributed by atoms with van der Waals surface area (Å²) in [5, 5.41) is 18.5. The van der Waals surface area contributed by atoms with Gasteiger partial charge in [-0.25, -0.2) is 0 Å². The molecule has 5 nitrogen and oxygen atoms in total. The average molecular weight is 204 g/mol. The monoisotopic (exact) mass is 204 g/mol. The molecule has 2 N–H and O–H groups in total. The second kappa shape index (κ2) is 4.72. The van der Waals surface area contributed by atoms with Crippen LogP contribution in [0, 0.1) is 5.92 Å². The Morgan fingerprint density at radius 3 is 1.93 bits per heavy atom. The number of hydrogen-bond donors (Lipinski definition) is 2. The van der Waals surface area contributed by atoms with Gasteiger partial charge in [-0.15, -0.1) is 0 Å². The second-order valence-electron chi connectivity index (χ2n) is 3.55. The van der Waals surface area contributed by atoms with Crippen LogP contribution in [0.3, 0.4) is 0 Å². The van der Waals surface area contributed by atoms with Crippen molar-refractivity contribution >= 4 is 5.97 Å². The molecule has 14 heavy (non-hydrogen) atoms. The molecule has 2 unspecified atom stereocenters. The predicted molar refractivity (Wildman–Crippen MR) is 48.0 cm³/mol. The van der Waals surface area contributed by atoms with Gasteiger partial charge in [-0.05, 0) is 12.8 Å². The van der Waals surface area contributed by atoms with Crippen LogP contribution < -0.4 is 0 Å². The first-order chi connectivity index (χ1) is 6.60. The minimum Gasteiger partial charge on any atom is -0.481 e. The van der Waals surface area contributed by atoms with Crippen LogP contribution >= 0.6 is 0 Å². The molecule has 5 heteroatoms. The molecule has 1 fully saturated rings. The Bertz CT molecular complexity index is 191. The third kappa shape index (κ3) is 2.23. The summed E-state index contributed by atoms with van der Waals surface area (Å²) in [6.07, 6.45) is -0.954. The molecule has 0 aromatic carbocycles. The third-order valence-electron chi connectivity index (χ3n) is 2.75. The average Bonchev–Trinajstić information content (AvgIpc) is 2.17. The number of hydrogen-bond acceptors (Lipinski definition) is 4. The smallest absolute Gasteiger partial charge is 0.306 e. The summed E-state index contributed by atoms with van der Waals surface area (Å²) in [5.74, 6) is -1.35. The van der Waals surface area contributed by atoms with Gasteiger partial charge in [-0.3, -0.25) is 4.79 Å². The first-order valence-electron chi connectivity index (χ1n) is 4.56. The van der Waals surface area contributed by atoms with E-state index in [1.54, 1.807) is 0 Å². The van der Waals surface area contributed by atoms with E-state index in [1.807, 2.05) is 0 Å².